The van der Waals surface area contributed by atoms with E-state index in [0.29, 0.717) is 11.5 Å². The van der Waals surface area contributed by atoms with Gasteiger partial charge < -0.3 is 15.5 Å². The summed E-state index contributed by atoms with van der Waals surface area (Å²) in [6.07, 6.45) is 4.58. The van der Waals surface area contributed by atoms with E-state index in [9.17, 15) is 4.79 Å². The number of carbonyl (C=O) groups excluding carboxylic acids is 1. The highest BCUT2D eigenvalue weighted by atomic mass is 16.2. The Morgan fingerprint density at radius 3 is 2.78 bits per heavy atom. The minimum absolute atomic E-state index is 0.0217. The molecule has 0 spiro atoms. The number of hydrogen-bond acceptors (Lipinski definition) is 3. The van der Waals surface area contributed by atoms with Gasteiger partial charge in [0.1, 0.15) is 0 Å². The average Bonchev–Trinajstić information content (AvgIpc) is 3.17. The molecule has 1 heterocycles. The number of benzene rings is 1. The van der Waals surface area contributed by atoms with Crippen molar-refractivity contribution in [3.05, 3.63) is 53.9 Å². The number of aliphatic imine (C=N–C) groups is 1. The predicted octanol–water partition coefficient (Wildman–Crippen LogP) is 1.63. The molecule has 1 unspecified atom stereocenters. The number of amides is 1. The van der Waals surface area contributed by atoms with Crippen molar-refractivity contribution in [3.8, 4) is 0 Å². The molecule has 0 aliphatic heterocycles. The van der Waals surface area contributed by atoms with Crippen molar-refractivity contribution < 1.29 is 4.79 Å². The fourth-order valence-corrected chi connectivity index (χ4v) is 2.73. The van der Waals surface area contributed by atoms with Crippen LogP contribution in [-0.2, 0) is 13.0 Å². The second-order valence-corrected chi connectivity index (χ2v) is 6.86. The van der Waals surface area contributed by atoms with Gasteiger partial charge in [0.25, 0.3) is 5.91 Å². The third kappa shape index (κ3) is 6.77. The van der Waals surface area contributed by atoms with Gasteiger partial charge in [-0.1, -0.05) is 19.1 Å². The molecule has 2 aromatic rings. The number of rotatable bonds is 8. The fraction of sp³-hybridized carbons (Fsp3) is 0.450. The fourth-order valence-electron chi connectivity index (χ4n) is 2.73. The molecule has 0 bridgehead atoms. The van der Waals surface area contributed by atoms with Gasteiger partial charge in [0.2, 0.25) is 0 Å². The topological polar surface area (TPSA) is 74.6 Å². The Morgan fingerprint density at radius 2 is 2.11 bits per heavy atom. The molecule has 0 aliphatic carbocycles. The first-order valence-electron chi connectivity index (χ1n) is 9.22. The number of aromatic nitrogens is 2. The summed E-state index contributed by atoms with van der Waals surface area (Å²) in [5, 5.41) is 10.9. The van der Waals surface area contributed by atoms with Gasteiger partial charge in [-0.05, 0) is 36.1 Å². The van der Waals surface area contributed by atoms with E-state index in [0.717, 1.165) is 37.6 Å². The number of nitrogens with zero attached hydrogens (tertiary/aromatic N) is 4. The normalized spacial score (nSPS) is 12.5. The van der Waals surface area contributed by atoms with Crippen molar-refractivity contribution in [2.24, 2.45) is 10.9 Å². The van der Waals surface area contributed by atoms with Crippen LogP contribution < -0.4 is 10.6 Å². The summed E-state index contributed by atoms with van der Waals surface area (Å²) in [6, 6.07) is 9.70. The van der Waals surface area contributed by atoms with Gasteiger partial charge in [0, 0.05) is 58.7 Å². The van der Waals surface area contributed by atoms with Crippen LogP contribution >= 0.6 is 0 Å². The maximum Gasteiger partial charge on any atom is 0.253 e. The molecular formula is C20H30N6O. The Kier molecular flexibility index (Phi) is 7.85. The van der Waals surface area contributed by atoms with E-state index in [1.54, 1.807) is 32.2 Å². The molecule has 0 fully saturated rings. The molecule has 7 heteroatoms. The smallest absolute Gasteiger partial charge is 0.253 e. The lowest BCUT2D eigenvalue weighted by molar-refractivity contribution is 0.0827. The molecule has 1 aromatic heterocycles. The van der Waals surface area contributed by atoms with Gasteiger partial charge in [-0.2, -0.15) is 5.10 Å². The van der Waals surface area contributed by atoms with Crippen LogP contribution in [0.15, 0.2) is 47.7 Å². The van der Waals surface area contributed by atoms with Gasteiger partial charge >= 0.3 is 0 Å². The lowest BCUT2D eigenvalue weighted by atomic mass is 10.1. The first-order valence-corrected chi connectivity index (χ1v) is 9.22. The molecule has 0 saturated heterocycles. The quantitative estimate of drug-likeness (QED) is 0.547. The molecule has 1 atom stereocenters. The van der Waals surface area contributed by atoms with Crippen molar-refractivity contribution in [1.82, 2.24) is 25.3 Å². The number of hydrogen-bond donors (Lipinski definition) is 2. The first-order chi connectivity index (χ1) is 13.0. The third-order valence-corrected chi connectivity index (χ3v) is 4.19. The van der Waals surface area contributed by atoms with E-state index in [1.165, 1.54) is 0 Å². The number of carbonyl (C=O) groups is 1. The molecule has 0 saturated carbocycles. The summed E-state index contributed by atoms with van der Waals surface area (Å²) in [5.74, 6) is 1.23. The van der Waals surface area contributed by atoms with Crippen molar-refractivity contribution in [2.45, 2.75) is 19.9 Å². The zero-order valence-electron chi connectivity index (χ0n) is 16.6. The molecule has 7 nitrogen and oxygen atoms in total. The second-order valence-electron chi connectivity index (χ2n) is 6.86. The minimum Gasteiger partial charge on any atom is -0.356 e. The summed E-state index contributed by atoms with van der Waals surface area (Å²) in [5.41, 5.74) is 1.84. The predicted molar refractivity (Wildman–Crippen MR) is 109 cm³/mol. The van der Waals surface area contributed by atoms with Gasteiger partial charge in [-0.3, -0.25) is 14.5 Å². The van der Waals surface area contributed by atoms with Gasteiger partial charge in [0.05, 0.1) is 0 Å². The Balaban J connectivity index is 1.76. The maximum absolute atomic E-state index is 12.1. The SMILES string of the molecule is CN=C(NCCc1cccc(C(=O)N(C)C)c1)NCC(C)Cn1cccn1. The average molecular weight is 371 g/mol. The molecule has 0 radical (unpaired) electrons. The Bertz CT molecular complexity index is 739. The number of guanidine groups is 1. The molecule has 1 amide bonds. The Morgan fingerprint density at radius 1 is 1.30 bits per heavy atom. The molecule has 27 heavy (non-hydrogen) atoms. The van der Waals surface area contributed by atoms with Crippen LogP contribution in [0.4, 0.5) is 0 Å². The summed E-state index contributed by atoms with van der Waals surface area (Å²) < 4.78 is 1.94. The van der Waals surface area contributed by atoms with Crippen LogP contribution in [0.3, 0.4) is 0 Å². The van der Waals surface area contributed by atoms with Crippen molar-refractivity contribution in [1.29, 1.82) is 0 Å². The van der Waals surface area contributed by atoms with Gasteiger partial charge in [0.15, 0.2) is 5.96 Å². The third-order valence-electron chi connectivity index (χ3n) is 4.19. The molecule has 2 rings (SSSR count). The molecule has 2 N–H and O–H groups in total. The van der Waals surface area contributed by atoms with Crippen molar-refractivity contribution >= 4 is 11.9 Å². The lowest BCUT2D eigenvalue weighted by Gasteiger charge is -2.16. The monoisotopic (exact) mass is 370 g/mol. The summed E-state index contributed by atoms with van der Waals surface area (Å²) in [4.78, 5) is 17.9. The van der Waals surface area contributed by atoms with E-state index in [2.05, 4.69) is 27.6 Å². The molecule has 146 valence electrons. The van der Waals surface area contributed by atoms with Crippen LogP contribution in [0, 0.1) is 5.92 Å². The van der Waals surface area contributed by atoms with Crippen LogP contribution in [0.1, 0.15) is 22.8 Å². The first kappa shape index (κ1) is 20.5. The van der Waals surface area contributed by atoms with E-state index in [4.69, 9.17) is 0 Å². The van der Waals surface area contributed by atoms with Crippen LogP contribution in [0.25, 0.3) is 0 Å². The van der Waals surface area contributed by atoms with E-state index >= 15 is 0 Å². The largest absolute Gasteiger partial charge is 0.356 e. The Labute approximate surface area is 161 Å². The molecule has 1 aromatic carbocycles. The van der Waals surface area contributed by atoms with Gasteiger partial charge in [-0.25, -0.2) is 0 Å². The zero-order valence-corrected chi connectivity index (χ0v) is 16.6. The molecule has 0 aliphatic rings. The highest BCUT2D eigenvalue weighted by molar-refractivity contribution is 5.94. The van der Waals surface area contributed by atoms with Crippen LogP contribution in [-0.4, -0.2) is 60.8 Å². The summed E-state index contributed by atoms with van der Waals surface area (Å²) >= 11 is 0. The zero-order chi connectivity index (χ0) is 19.6. The Hall–Kier alpha value is -2.83. The molecular weight excluding hydrogens is 340 g/mol. The number of nitrogens with one attached hydrogen (secondary N) is 2. The highest BCUT2D eigenvalue weighted by Crippen LogP contribution is 2.07. The van der Waals surface area contributed by atoms with E-state index in [-0.39, 0.29) is 5.91 Å². The van der Waals surface area contributed by atoms with Crippen molar-refractivity contribution in [3.63, 3.8) is 0 Å². The van der Waals surface area contributed by atoms with Gasteiger partial charge in [-0.15, -0.1) is 0 Å². The van der Waals surface area contributed by atoms with Crippen LogP contribution in [0.5, 0.6) is 0 Å². The summed E-state index contributed by atoms with van der Waals surface area (Å²) in [7, 11) is 5.29. The van der Waals surface area contributed by atoms with E-state index < -0.39 is 0 Å². The van der Waals surface area contributed by atoms with E-state index in [1.807, 2.05) is 41.2 Å². The minimum atomic E-state index is 0.0217. The summed E-state index contributed by atoms with van der Waals surface area (Å²) in [6.45, 7) is 4.60. The van der Waals surface area contributed by atoms with Crippen LogP contribution in [0.2, 0.25) is 0 Å². The van der Waals surface area contributed by atoms with Crippen molar-refractivity contribution in [2.75, 3.05) is 34.2 Å². The maximum atomic E-state index is 12.1. The standard InChI is InChI=1S/C20H30N6O/c1-16(15-26-12-6-10-24-26)14-23-20(21-2)22-11-9-17-7-5-8-18(13-17)19(27)25(3)4/h5-8,10,12-13,16H,9,11,14-15H2,1-4H3,(H2,21,22,23). The lowest BCUT2D eigenvalue weighted by Crippen LogP contribution is -2.40. The highest BCUT2D eigenvalue weighted by Gasteiger charge is 2.08. The second kappa shape index (κ2) is 10.4.